The molecule has 1 fully saturated rings. The van der Waals surface area contributed by atoms with Crippen molar-refractivity contribution in [1.82, 2.24) is 0 Å². The van der Waals surface area contributed by atoms with E-state index in [2.05, 4.69) is 62.3 Å². The Kier molecular flexibility index (Phi) is 5.32. The standard InChI is InChI=1S/C10H20.C9H16/c1-7-6-8(2)10(4,5)9(7)3;1-6-5-7(2)9(4)8(6)3/h7-9H,6H2,1-5H3;6-7H,5H2,1-4H3. The zero-order valence-corrected chi connectivity index (χ0v) is 14.8. The molecule has 0 aromatic heterocycles. The van der Waals surface area contributed by atoms with E-state index in [1.54, 1.807) is 11.1 Å². The van der Waals surface area contributed by atoms with E-state index in [9.17, 15) is 0 Å². The molecule has 2 rings (SSSR count). The molecule has 5 atom stereocenters. The molecular formula is C19H36. The molecule has 0 aromatic rings. The number of rotatable bonds is 0. The molecule has 0 spiro atoms. The molecule has 0 heterocycles. The topological polar surface area (TPSA) is 0 Å². The second kappa shape index (κ2) is 6.02. The molecule has 0 nitrogen and oxygen atoms in total. The highest BCUT2D eigenvalue weighted by Gasteiger charge is 2.41. The summed E-state index contributed by atoms with van der Waals surface area (Å²) in [5.74, 6) is 4.45. The first kappa shape index (κ1) is 16.8. The zero-order valence-electron chi connectivity index (χ0n) is 14.8. The highest BCUT2D eigenvalue weighted by atomic mass is 14.5. The summed E-state index contributed by atoms with van der Waals surface area (Å²) in [5.41, 5.74) is 3.84. The lowest BCUT2D eigenvalue weighted by molar-refractivity contribution is 0.198. The monoisotopic (exact) mass is 264 g/mol. The van der Waals surface area contributed by atoms with Crippen LogP contribution in [-0.4, -0.2) is 0 Å². The Morgan fingerprint density at radius 3 is 1.32 bits per heavy atom. The van der Waals surface area contributed by atoms with Crippen LogP contribution >= 0.6 is 0 Å². The van der Waals surface area contributed by atoms with E-state index in [-0.39, 0.29) is 0 Å². The Bertz CT molecular complexity index is 318. The summed E-state index contributed by atoms with van der Waals surface area (Å²) < 4.78 is 0. The third kappa shape index (κ3) is 3.44. The SMILES string of the molecule is CC1=C(C)C(C)CC1C.CC1CC(C)C(C)(C)C1C. The zero-order chi connectivity index (χ0) is 15.0. The second-order valence-electron chi connectivity index (χ2n) is 8.13. The fourth-order valence-electron chi connectivity index (χ4n) is 3.91. The Morgan fingerprint density at radius 2 is 1.21 bits per heavy atom. The minimum absolute atomic E-state index is 0.583. The van der Waals surface area contributed by atoms with Crippen LogP contribution in [0.5, 0.6) is 0 Å². The maximum atomic E-state index is 2.41. The molecule has 0 aliphatic heterocycles. The van der Waals surface area contributed by atoms with Crippen LogP contribution in [-0.2, 0) is 0 Å². The summed E-state index contributed by atoms with van der Waals surface area (Å²) in [4.78, 5) is 0. The molecular weight excluding hydrogens is 228 g/mol. The van der Waals surface area contributed by atoms with Crippen LogP contribution in [0.25, 0.3) is 0 Å². The lowest BCUT2D eigenvalue weighted by atomic mass is 9.76. The van der Waals surface area contributed by atoms with Gasteiger partial charge in [-0.3, -0.25) is 0 Å². The van der Waals surface area contributed by atoms with E-state index >= 15 is 0 Å². The van der Waals surface area contributed by atoms with Crippen molar-refractivity contribution in [3.8, 4) is 0 Å². The van der Waals surface area contributed by atoms with Gasteiger partial charge in [-0.15, -0.1) is 0 Å². The van der Waals surface area contributed by atoms with Crippen molar-refractivity contribution < 1.29 is 0 Å². The molecule has 0 aromatic carbocycles. The Labute approximate surface area is 122 Å². The first-order chi connectivity index (χ1) is 8.59. The molecule has 0 bridgehead atoms. The van der Waals surface area contributed by atoms with E-state index in [0.717, 1.165) is 29.6 Å². The van der Waals surface area contributed by atoms with Gasteiger partial charge in [0.05, 0.1) is 0 Å². The molecule has 0 radical (unpaired) electrons. The van der Waals surface area contributed by atoms with E-state index in [1.165, 1.54) is 12.8 Å². The largest absolute Gasteiger partial charge is 0.0713 e. The van der Waals surface area contributed by atoms with Crippen LogP contribution in [0.15, 0.2) is 11.1 Å². The molecule has 0 N–H and O–H groups in total. The van der Waals surface area contributed by atoms with Crippen molar-refractivity contribution in [3.05, 3.63) is 11.1 Å². The fourth-order valence-corrected chi connectivity index (χ4v) is 3.91. The molecule has 2 aliphatic carbocycles. The quantitative estimate of drug-likeness (QED) is 0.449. The highest BCUT2D eigenvalue weighted by molar-refractivity contribution is 5.20. The predicted molar refractivity (Wildman–Crippen MR) is 87.2 cm³/mol. The van der Waals surface area contributed by atoms with E-state index in [1.807, 2.05) is 0 Å². The van der Waals surface area contributed by atoms with Gasteiger partial charge in [0.15, 0.2) is 0 Å². The van der Waals surface area contributed by atoms with Crippen molar-refractivity contribution in [3.63, 3.8) is 0 Å². The first-order valence-corrected chi connectivity index (χ1v) is 8.26. The normalized spacial score (nSPS) is 41.2. The van der Waals surface area contributed by atoms with Gasteiger partial charge >= 0.3 is 0 Å². The van der Waals surface area contributed by atoms with Crippen molar-refractivity contribution in [2.24, 2.45) is 35.0 Å². The molecule has 19 heavy (non-hydrogen) atoms. The van der Waals surface area contributed by atoms with Crippen LogP contribution in [0.2, 0.25) is 0 Å². The summed E-state index contributed by atoms with van der Waals surface area (Å²) in [6.45, 7) is 21.2. The third-order valence-corrected chi connectivity index (χ3v) is 6.83. The average Bonchev–Trinajstić information content (AvgIpc) is 2.64. The smallest absolute Gasteiger partial charge is 0.0226 e. The molecule has 0 saturated heterocycles. The van der Waals surface area contributed by atoms with Crippen molar-refractivity contribution in [2.45, 2.75) is 75.2 Å². The van der Waals surface area contributed by atoms with Crippen molar-refractivity contribution in [1.29, 1.82) is 0 Å². The van der Waals surface area contributed by atoms with Crippen LogP contribution in [0.4, 0.5) is 0 Å². The highest BCUT2D eigenvalue weighted by Crippen LogP contribution is 2.49. The van der Waals surface area contributed by atoms with Crippen molar-refractivity contribution in [2.75, 3.05) is 0 Å². The average molecular weight is 264 g/mol. The van der Waals surface area contributed by atoms with Gasteiger partial charge in [-0.25, -0.2) is 0 Å². The summed E-state index contributed by atoms with van der Waals surface area (Å²) in [5, 5.41) is 0. The number of hydrogen-bond acceptors (Lipinski definition) is 0. The third-order valence-electron chi connectivity index (χ3n) is 6.83. The van der Waals surface area contributed by atoms with Gasteiger partial charge in [0.25, 0.3) is 0 Å². The van der Waals surface area contributed by atoms with E-state index < -0.39 is 0 Å². The van der Waals surface area contributed by atoms with E-state index in [0.29, 0.717) is 5.41 Å². The summed E-state index contributed by atoms with van der Waals surface area (Å²) in [7, 11) is 0. The molecule has 0 heteroatoms. The Balaban J connectivity index is 0.000000191. The molecule has 1 saturated carbocycles. The van der Waals surface area contributed by atoms with Crippen LogP contribution in [0.3, 0.4) is 0 Å². The van der Waals surface area contributed by atoms with Gasteiger partial charge in [-0.1, -0.05) is 59.6 Å². The van der Waals surface area contributed by atoms with Crippen LogP contribution in [0.1, 0.15) is 75.2 Å². The maximum Gasteiger partial charge on any atom is -0.0226 e. The fraction of sp³-hybridized carbons (Fsp3) is 0.895. The summed E-state index contributed by atoms with van der Waals surface area (Å²) >= 11 is 0. The van der Waals surface area contributed by atoms with Gasteiger partial charge in [0.2, 0.25) is 0 Å². The van der Waals surface area contributed by atoms with E-state index in [4.69, 9.17) is 0 Å². The minimum Gasteiger partial charge on any atom is -0.0713 e. The summed E-state index contributed by atoms with van der Waals surface area (Å²) in [6.07, 6.45) is 2.80. The number of hydrogen-bond donors (Lipinski definition) is 0. The molecule has 0 amide bonds. The Morgan fingerprint density at radius 1 is 0.789 bits per heavy atom. The van der Waals surface area contributed by atoms with Crippen LogP contribution in [0, 0.1) is 35.0 Å². The molecule has 112 valence electrons. The second-order valence-corrected chi connectivity index (χ2v) is 8.13. The van der Waals surface area contributed by atoms with Gasteiger partial charge in [0.1, 0.15) is 0 Å². The summed E-state index contributed by atoms with van der Waals surface area (Å²) in [6, 6.07) is 0. The van der Waals surface area contributed by atoms with Gasteiger partial charge < -0.3 is 0 Å². The molecule has 5 unspecified atom stereocenters. The molecule has 2 aliphatic rings. The van der Waals surface area contributed by atoms with Crippen molar-refractivity contribution >= 4 is 0 Å². The lowest BCUT2D eigenvalue weighted by Gasteiger charge is -2.29. The maximum absolute atomic E-state index is 2.41. The Hall–Kier alpha value is -0.260. The predicted octanol–water partition coefficient (Wildman–Crippen LogP) is 6.32. The van der Waals surface area contributed by atoms with Gasteiger partial charge in [0, 0.05) is 0 Å². The van der Waals surface area contributed by atoms with Crippen LogP contribution < -0.4 is 0 Å². The lowest BCUT2D eigenvalue weighted by Crippen LogP contribution is -2.22. The first-order valence-electron chi connectivity index (χ1n) is 8.26. The number of allylic oxidation sites excluding steroid dienone is 2. The van der Waals surface area contributed by atoms with Gasteiger partial charge in [-0.2, -0.15) is 0 Å². The minimum atomic E-state index is 0.583. The van der Waals surface area contributed by atoms with Gasteiger partial charge in [-0.05, 0) is 61.7 Å².